The van der Waals surface area contributed by atoms with Crippen molar-refractivity contribution < 1.29 is 24.2 Å². The summed E-state index contributed by atoms with van der Waals surface area (Å²) in [6.07, 6.45) is 2.77. The monoisotopic (exact) mass is 260 g/mol. The maximum atomic E-state index is 11.7. The molecule has 1 aromatic rings. The fourth-order valence-corrected chi connectivity index (χ4v) is 1.61. The number of esters is 1. The minimum atomic E-state index is -0.790. The molecular formula is C14H12O5. The van der Waals surface area contributed by atoms with Crippen LogP contribution in [-0.4, -0.2) is 30.6 Å². The molecule has 1 aliphatic rings. The third-order valence-electron chi connectivity index (χ3n) is 2.62. The lowest BCUT2D eigenvalue weighted by Gasteiger charge is -1.99. The summed E-state index contributed by atoms with van der Waals surface area (Å²) in [5, 5.41) is 9.36. The van der Waals surface area contributed by atoms with E-state index in [-0.39, 0.29) is 17.9 Å². The van der Waals surface area contributed by atoms with Gasteiger partial charge in [-0.1, -0.05) is 18.2 Å². The number of aliphatic hydroxyl groups is 1. The summed E-state index contributed by atoms with van der Waals surface area (Å²) in [5.41, 5.74) is 0.477. The predicted octanol–water partition coefficient (Wildman–Crippen LogP) is 1.65. The molecule has 0 aliphatic carbocycles. The Morgan fingerprint density at radius 2 is 2.05 bits per heavy atom. The second-order valence-corrected chi connectivity index (χ2v) is 3.87. The van der Waals surface area contributed by atoms with Crippen molar-refractivity contribution in [3.05, 3.63) is 47.2 Å². The summed E-state index contributed by atoms with van der Waals surface area (Å²) in [5.74, 6) is -0.977. The molecule has 98 valence electrons. The van der Waals surface area contributed by atoms with E-state index in [1.165, 1.54) is 6.08 Å². The van der Waals surface area contributed by atoms with E-state index in [0.717, 1.165) is 5.56 Å². The number of hydrogen-bond donors (Lipinski definition) is 1. The Bertz CT molecular complexity index is 566. The molecule has 5 nitrogen and oxygen atoms in total. The SMILES string of the molecule is COc1ccc(C=CC(=O)C2=C(O)COC2=O)cc1. The Morgan fingerprint density at radius 1 is 1.37 bits per heavy atom. The number of ether oxygens (including phenoxy) is 2. The summed E-state index contributed by atoms with van der Waals surface area (Å²) in [7, 11) is 1.56. The van der Waals surface area contributed by atoms with E-state index in [9.17, 15) is 14.7 Å². The van der Waals surface area contributed by atoms with Gasteiger partial charge < -0.3 is 14.6 Å². The standard InChI is InChI=1S/C14H12O5/c1-18-10-5-2-9(3-6-10)4-7-11(15)13-12(16)8-19-14(13)17/h2-7,16H,8H2,1H3. The van der Waals surface area contributed by atoms with Crippen molar-refractivity contribution in [2.24, 2.45) is 0 Å². The van der Waals surface area contributed by atoms with Crippen LogP contribution in [0.4, 0.5) is 0 Å². The van der Waals surface area contributed by atoms with Gasteiger partial charge in [0.1, 0.15) is 23.7 Å². The zero-order valence-corrected chi connectivity index (χ0v) is 10.3. The number of carbonyl (C=O) groups is 2. The number of benzene rings is 1. The van der Waals surface area contributed by atoms with Crippen LogP contribution < -0.4 is 4.74 Å². The van der Waals surface area contributed by atoms with E-state index >= 15 is 0 Å². The lowest BCUT2D eigenvalue weighted by molar-refractivity contribution is -0.137. The van der Waals surface area contributed by atoms with Crippen LogP contribution in [0.25, 0.3) is 6.08 Å². The first-order valence-electron chi connectivity index (χ1n) is 5.57. The van der Waals surface area contributed by atoms with Gasteiger partial charge in [0.05, 0.1) is 7.11 Å². The quantitative estimate of drug-likeness (QED) is 0.506. The van der Waals surface area contributed by atoms with Crippen LogP contribution in [-0.2, 0) is 14.3 Å². The molecule has 0 aromatic heterocycles. The fourth-order valence-electron chi connectivity index (χ4n) is 1.61. The predicted molar refractivity (Wildman–Crippen MR) is 67.6 cm³/mol. The average Bonchev–Trinajstić information content (AvgIpc) is 2.76. The van der Waals surface area contributed by atoms with Crippen molar-refractivity contribution in [1.82, 2.24) is 0 Å². The van der Waals surface area contributed by atoms with Crippen LogP contribution in [0.3, 0.4) is 0 Å². The van der Waals surface area contributed by atoms with Gasteiger partial charge in [0.15, 0.2) is 5.78 Å². The number of carbonyl (C=O) groups excluding carboxylic acids is 2. The third-order valence-corrected chi connectivity index (χ3v) is 2.62. The summed E-state index contributed by atoms with van der Waals surface area (Å²) < 4.78 is 9.56. The smallest absolute Gasteiger partial charge is 0.346 e. The fraction of sp³-hybridized carbons (Fsp3) is 0.143. The van der Waals surface area contributed by atoms with Crippen LogP contribution in [0.15, 0.2) is 41.7 Å². The molecule has 2 rings (SSSR count). The van der Waals surface area contributed by atoms with Gasteiger partial charge in [-0.25, -0.2) is 4.79 Å². The molecule has 0 atom stereocenters. The highest BCUT2D eigenvalue weighted by Gasteiger charge is 2.29. The van der Waals surface area contributed by atoms with Crippen molar-refractivity contribution >= 4 is 17.8 Å². The van der Waals surface area contributed by atoms with Gasteiger partial charge in [-0.05, 0) is 23.8 Å². The molecule has 1 aliphatic heterocycles. The van der Waals surface area contributed by atoms with Crippen molar-refractivity contribution in [1.29, 1.82) is 0 Å². The summed E-state index contributed by atoms with van der Waals surface area (Å²) in [4.78, 5) is 22.9. The van der Waals surface area contributed by atoms with Gasteiger partial charge >= 0.3 is 5.97 Å². The van der Waals surface area contributed by atoms with Gasteiger partial charge in [-0.2, -0.15) is 0 Å². The number of methoxy groups -OCH3 is 1. The maximum Gasteiger partial charge on any atom is 0.346 e. The first kappa shape index (κ1) is 12.9. The van der Waals surface area contributed by atoms with Gasteiger partial charge in [0, 0.05) is 0 Å². The summed E-state index contributed by atoms with van der Waals surface area (Å²) in [6, 6.07) is 7.04. The highest BCUT2D eigenvalue weighted by molar-refractivity contribution is 6.23. The molecule has 0 bridgehead atoms. The minimum Gasteiger partial charge on any atom is -0.508 e. The first-order chi connectivity index (χ1) is 9.11. The average molecular weight is 260 g/mol. The molecule has 0 saturated carbocycles. The Balaban J connectivity index is 2.12. The van der Waals surface area contributed by atoms with Crippen LogP contribution in [0.5, 0.6) is 5.75 Å². The number of aliphatic hydroxyl groups excluding tert-OH is 1. The molecule has 0 unspecified atom stereocenters. The molecule has 0 amide bonds. The number of cyclic esters (lactones) is 1. The maximum absolute atomic E-state index is 11.7. The number of rotatable bonds is 4. The van der Waals surface area contributed by atoms with Gasteiger partial charge in [0.2, 0.25) is 0 Å². The van der Waals surface area contributed by atoms with E-state index in [2.05, 4.69) is 4.74 Å². The van der Waals surface area contributed by atoms with E-state index in [4.69, 9.17) is 4.74 Å². The molecule has 5 heteroatoms. The third kappa shape index (κ3) is 2.82. The number of ketones is 1. The van der Waals surface area contributed by atoms with Crippen molar-refractivity contribution in [2.75, 3.05) is 13.7 Å². The largest absolute Gasteiger partial charge is 0.508 e. The second kappa shape index (κ2) is 5.39. The summed E-state index contributed by atoms with van der Waals surface area (Å²) in [6.45, 7) is -0.240. The molecule has 0 radical (unpaired) electrons. The molecule has 0 fully saturated rings. The van der Waals surface area contributed by atoms with Crippen molar-refractivity contribution in [3.63, 3.8) is 0 Å². The topological polar surface area (TPSA) is 72.8 Å². The summed E-state index contributed by atoms with van der Waals surface area (Å²) >= 11 is 0. The lowest BCUT2D eigenvalue weighted by Crippen LogP contribution is -2.08. The lowest BCUT2D eigenvalue weighted by atomic mass is 10.1. The number of allylic oxidation sites excluding steroid dienone is 1. The second-order valence-electron chi connectivity index (χ2n) is 3.87. The molecule has 0 saturated heterocycles. The van der Waals surface area contributed by atoms with Gasteiger partial charge in [-0.3, -0.25) is 4.79 Å². The Morgan fingerprint density at radius 3 is 2.58 bits per heavy atom. The van der Waals surface area contributed by atoms with E-state index in [0.29, 0.717) is 5.75 Å². The number of hydrogen-bond acceptors (Lipinski definition) is 5. The van der Waals surface area contributed by atoms with Gasteiger partial charge in [0.25, 0.3) is 0 Å². The molecule has 1 N–H and O–H groups in total. The molecule has 19 heavy (non-hydrogen) atoms. The van der Waals surface area contributed by atoms with E-state index in [1.807, 2.05) is 0 Å². The highest BCUT2D eigenvalue weighted by Crippen LogP contribution is 2.16. The zero-order valence-electron chi connectivity index (χ0n) is 10.3. The van der Waals surface area contributed by atoms with Crippen LogP contribution >= 0.6 is 0 Å². The minimum absolute atomic E-state index is 0.240. The van der Waals surface area contributed by atoms with Crippen LogP contribution in [0.2, 0.25) is 0 Å². The van der Waals surface area contributed by atoms with Crippen LogP contribution in [0, 0.1) is 0 Å². The molecule has 1 heterocycles. The van der Waals surface area contributed by atoms with E-state index < -0.39 is 11.8 Å². The molecule has 1 aromatic carbocycles. The zero-order chi connectivity index (χ0) is 13.8. The first-order valence-corrected chi connectivity index (χ1v) is 5.57. The van der Waals surface area contributed by atoms with Crippen molar-refractivity contribution in [3.8, 4) is 5.75 Å². The molecule has 0 spiro atoms. The Hall–Kier alpha value is -2.56. The Labute approximate surface area is 109 Å². The molecular weight excluding hydrogens is 248 g/mol. The van der Waals surface area contributed by atoms with E-state index in [1.54, 1.807) is 37.5 Å². The van der Waals surface area contributed by atoms with Crippen LogP contribution in [0.1, 0.15) is 5.56 Å². The van der Waals surface area contributed by atoms with Gasteiger partial charge in [-0.15, -0.1) is 0 Å². The normalized spacial score (nSPS) is 14.9. The van der Waals surface area contributed by atoms with Crippen molar-refractivity contribution in [2.45, 2.75) is 0 Å². The highest BCUT2D eigenvalue weighted by atomic mass is 16.5. The Kier molecular flexibility index (Phi) is 3.66.